The van der Waals surface area contributed by atoms with Gasteiger partial charge in [0.15, 0.2) is 46.5 Å². The molecule has 14 heteroatoms. The van der Waals surface area contributed by atoms with Crippen LogP contribution >= 0.6 is 0 Å². The van der Waals surface area contributed by atoms with Gasteiger partial charge in [-0.3, -0.25) is 4.18 Å². The lowest BCUT2D eigenvalue weighted by atomic mass is 9.82. The smallest absolute Gasteiger partial charge is 0.297 e. The average Bonchev–Trinajstić information content (AvgIpc) is 2.97. The summed E-state index contributed by atoms with van der Waals surface area (Å²) in [4.78, 5) is -1.28. The van der Waals surface area contributed by atoms with E-state index in [1.165, 1.54) is 0 Å². The summed E-state index contributed by atoms with van der Waals surface area (Å²) >= 11 is 0. The topological polar surface area (TPSA) is 52.6 Å². The van der Waals surface area contributed by atoms with Crippen molar-refractivity contribution >= 4 is 10.1 Å². The lowest BCUT2D eigenvalue weighted by Gasteiger charge is -2.31. The molecule has 0 fully saturated rings. The lowest BCUT2D eigenvalue weighted by molar-refractivity contribution is 0.0333. The molecule has 0 radical (unpaired) electrons. The highest BCUT2D eigenvalue weighted by atomic mass is 32.2. The van der Waals surface area contributed by atoms with E-state index < -0.39 is 101 Å². The van der Waals surface area contributed by atoms with Gasteiger partial charge in [-0.2, -0.15) is 8.42 Å². The summed E-state index contributed by atoms with van der Waals surface area (Å²) in [5.41, 5.74) is -11.1. The molecule has 0 aromatic heterocycles. The van der Waals surface area contributed by atoms with E-state index >= 15 is 0 Å². The SMILES string of the molecule is COC(C)(C1=C(C)C(C)(c2c(F)c(F)c(F)c(F)c2F)OS1(=O)=O)c1c(F)c(F)c(C)c(F)c1F. The molecule has 35 heavy (non-hydrogen) atoms. The van der Waals surface area contributed by atoms with Crippen molar-refractivity contribution in [2.24, 2.45) is 0 Å². The predicted octanol–water partition coefficient (Wildman–Crippen LogP) is 5.66. The van der Waals surface area contributed by atoms with Gasteiger partial charge in [-0.1, -0.05) is 0 Å². The maximum Gasteiger partial charge on any atom is 0.297 e. The summed E-state index contributed by atoms with van der Waals surface area (Å²) in [6, 6.07) is 0. The summed E-state index contributed by atoms with van der Waals surface area (Å²) in [5.74, 6) is -20.1. The van der Waals surface area contributed by atoms with E-state index in [1.807, 2.05) is 0 Å². The first-order chi connectivity index (χ1) is 15.9. The number of benzene rings is 2. The van der Waals surface area contributed by atoms with E-state index in [2.05, 4.69) is 0 Å². The van der Waals surface area contributed by atoms with Gasteiger partial charge in [-0.05, 0) is 33.3 Å². The minimum Gasteiger partial charge on any atom is -0.368 e. The molecule has 1 aliphatic heterocycles. The third kappa shape index (κ3) is 3.48. The second-order valence-corrected chi connectivity index (χ2v) is 9.45. The number of hydrogen-bond acceptors (Lipinski definition) is 4. The zero-order valence-corrected chi connectivity index (χ0v) is 19.3. The minimum absolute atomic E-state index is 0.615. The van der Waals surface area contributed by atoms with Crippen molar-refractivity contribution in [2.75, 3.05) is 7.11 Å². The molecule has 192 valence electrons. The summed E-state index contributed by atoms with van der Waals surface area (Å²) in [7, 11) is -4.65. The van der Waals surface area contributed by atoms with E-state index in [-0.39, 0.29) is 0 Å². The van der Waals surface area contributed by atoms with Crippen molar-refractivity contribution in [3.05, 3.63) is 79.5 Å². The highest BCUT2D eigenvalue weighted by Crippen LogP contribution is 2.53. The van der Waals surface area contributed by atoms with E-state index in [0.29, 0.717) is 27.9 Å². The molecule has 0 aliphatic carbocycles. The fraction of sp³-hybridized carbons (Fsp3) is 0.333. The molecule has 0 spiro atoms. The van der Waals surface area contributed by atoms with Gasteiger partial charge < -0.3 is 4.74 Å². The number of ether oxygens (including phenoxy) is 1. The van der Waals surface area contributed by atoms with Crippen molar-refractivity contribution in [1.82, 2.24) is 0 Å². The number of hydrogen-bond donors (Lipinski definition) is 0. The molecule has 0 bridgehead atoms. The van der Waals surface area contributed by atoms with Crippen LogP contribution in [0, 0.1) is 59.3 Å². The average molecular weight is 534 g/mol. The Bertz CT molecular complexity index is 1360. The predicted molar refractivity (Wildman–Crippen MR) is 102 cm³/mol. The van der Waals surface area contributed by atoms with Gasteiger partial charge in [-0.15, -0.1) is 0 Å². The molecule has 2 aromatic carbocycles. The Labute approximate surface area is 193 Å². The Balaban J connectivity index is 2.48. The molecular weight excluding hydrogens is 519 g/mol. The molecule has 1 heterocycles. The van der Waals surface area contributed by atoms with Crippen molar-refractivity contribution in [2.45, 2.75) is 38.9 Å². The second kappa shape index (κ2) is 8.23. The van der Waals surface area contributed by atoms with Crippen LogP contribution in [0.4, 0.5) is 39.5 Å². The highest BCUT2D eigenvalue weighted by Gasteiger charge is 2.57. The van der Waals surface area contributed by atoms with Crippen LogP contribution in [-0.2, 0) is 30.2 Å². The van der Waals surface area contributed by atoms with E-state index in [0.717, 1.165) is 6.92 Å². The number of halogens is 9. The van der Waals surface area contributed by atoms with Crippen molar-refractivity contribution < 1.29 is 56.9 Å². The van der Waals surface area contributed by atoms with Crippen LogP contribution in [0.5, 0.6) is 0 Å². The summed E-state index contributed by atoms with van der Waals surface area (Å²) < 4.78 is 164. The standard InChI is InChI=1S/C21H15F9O4S/c1-6-10(22)12(24)9(13(25)11(6)23)21(4,33-5)19-7(2)20(3,34-35(19,31)32)8-14(26)16(28)18(30)17(29)15(8)27/h1-5H3. The highest BCUT2D eigenvalue weighted by molar-refractivity contribution is 7.91. The summed E-state index contributed by atoms with van der Waals surface area (Å²) in [6.07, 6.45) is 0. The fourth-order valence-electron chi connectivity index (χ4n) is 4.05. The van der Waals surface area contributed by atoms with Crippen LogP contribution in [0.15, 0.2) is 10.5 Å². The molecule has 0 amide bonds. The Morgan fingerprint density at radius 3 is 1.54 bits per heavy atom. The number of rotatable bonds is 4. The van der Waals surface area contributed by atoms with Crippen LogP contribution in [0.25, 0.3) is 0 Å². The van der Waals surface area contributed by atoms with Crippen LogP contribution in [0.1, 0.15) is 37.5 Å². The minimum atomic E-state index is -5.34. The molecular formula is C21H15F9O4S. The maximum atomic E-state index is 14.8. The van der Waals surface area contributed by atoms with Crippen molar-refractivity contribution in [3.8, 4) is 0 Å². The van der Waals surface area contributed by atoms with Gasteiger partial charge in [-0.25, -0.2) is 39.5 Å². The van der Waals surface area contributed by atoms with Gasteiger partial charge in [0.25, 0.3) is 10.1 Å². The zero-order chi connectivity index (χ0) is 27.0. The van der Waals surface area contributed by atoms with Gasteiger partial charge in [0, 0.05) is 12.7 Å². The van der Waals surface area contributed by atoms with Gasteiger partial charge in [0.2, 0.25) is 5.82 Å². The Hall–Kier alpha value is -2.58. The quantitative estimate of drug-likeness (QED) is 0.220. The molecule has 2 unspecified atom stereocenters. The van der Waals surface area contributed by atoms with Crippen molar-refractivity contribution in [1.29, 1.82) is 0 Å². The summed E-state index contributed by atoms with van der Waals surface area (Å²) in [5, 5.41) is 0. The maximum absolute atomic E-state index is 14.8. The lowest BCUT2D eigenvalue weighted by Crippen LogP contribution is -2.34. The molecule has 3 rings (SSSR count). The van der Waals surface area contributed by atoms with Crippen LogP contribution in [-0.4, -0.2) is 15.5 Å². The Kier molecular flexibility index (Phi) is 6.36. The van der Waals surface area contributed by atoms with Gasteiger partial charge >= 0.3 is 0 Å². The molecule has 4 nitrogen and oxygen atoms in total. The molecule has 2 aromatic rings. The monoisotopic (exact) mass is 534 g/mol. The summed E-state index contributed by atoms with van der Waals surface area (Å²) in [6.45, 7) is 2.76. The van der Waals surface area contributed by atoms with Crippen LogP contribution in [0.2, 0.25) is 0 Å². The Morgan fingerprint density at radius 1 is 0.743 bits per heavy atom. The number of methoxy groups -OCH3 is 1. The zero-order valence-electron chi connectivity index (χ0n) is 18.4. The molecule has 1 aliphatic rings. The van der Waals surface area contributed by atoms with E-state index in [4.69, 9.17) is 8.92 Å². The third-order valence-electron chi connectivity index (χ3n) is 6.07. The fourth-order valence-corrected chi connectivity index (χ4v) is 6.01. The normalized spacial score (nSPS) is 21.5. The third-order valence-corrected chi connectivity index (χ3v) is 7.82. The Morgan fingerprint density at radius 2 is 1.14 bits per heavy atom. The van der Waals surface area contributed by atoms with E-state index in [1.54, 1.807) is 0 Å². The second-order valence-electron chi connectivity index (χ2n) is 7.96. The molecule has 0 saturated heterocycles. The first-order valence-corrected chi connectivity index (χ1v) is 10.9. The van der Waals surface area contributed by atoms with Gasteiger partial charge in [0.05, 0.1) is 11.1 Å². The molecule has 0 saturated carbocycles. The first-order valence-electron chi connectivity index (χ1n) is 9.47. The first kappa shape index (κ1) is 27.0. The van der Waals surface area contributed by atoms with Crippen LogP contribution < -0.4 is 0 Å². The van der Waals surface area contributed by atoms with Gasteiger partial charge in [0.1, 0.15) is 16.1 Å². The molecule has 2 atom stereocenters. The van der Waals surface area contributed by atoms with Crippen molar-refractivity contribution in [3.63, 3.8) is 0 Å². The molecule has 0 N–H and O–H groups in total. The largest absolute Gasteiger partial charge is 0.368 e. The van der Waals surface area contributed by atoms with Crippen LogP contribution in [0.3, 0.4) is 0 Å². The van der Waals surface area contributed by atoms with E-state index in [9.17, 15) is 47.9 Å².